The van der Waals surface area contributed by atoms with E-state index in [1.807, 2.05) is 24.5 Å². The fraction of sp³-hybridized carbons (Fsp3) is 0.250. The first-order valence-electron chi connectivity index (χ1n) is 8.91. The summed E-state index contributed by atoms with van der Waals surface area (Å²) >= 11 is 0. The van der Waals surface area contributed by atoms with Crippen LogP contribution < -0.4 is 5.32 Å². The molecule has 0 bridgehead atoms. The van der Waals surface area contributed by atoms with Gasteiger partial charge in [-0.25, -0.2) is 15.0 Å². The summed E-state index contributed by atoms with van der Waals surface area (Å²) in [5.41, 5.74) is 3.41. The lowest BCUT2D eigenvalue weighted by Gasteiger charge is -2.24. The van der Waals surface area contributed by atoms with Crippen molar-refractivity contribution in [1.82, 2.24) is 24.8 Å². The molecular formula is C20H19N7. The number of pyridine rings is 2. The fourth-order valence-electron chi connectivity index (χ4n) is 3.35. The van der Waals surface area contributed by atoms with Crippen LogP contribution in [-0.2, 0) is 6.54 Å². The Morgan fingerprint density at radius 1 is 1.11 bits per heavy atom. The third-order valence-electron chi connectivity index (χ3n) is 4.65. The summed E-state index contributed by atoms with van der Waals surface area (Å²) in [5, 5.41) is 12.0. The lowest BCUT2D eigenvalue weighted by molar-refractivity contribution is 0.244. The Kier molecular flexibility index (Phi) is 4.99. The summed E-state index contributed by atoms with van der Waals surface area (Å²) < 4.78 is 0. The second kappa shape index (κ2) is 7.89. The maximum atomic E-state index is 8.84. The first-order valence-corrected chi connectivity index (χ1v) is 8.91. The van der Waals surface area contributed by atoms with Crippen LogP contribution in [0.1, 0.15) is 35.8 Å². The Balaban J connectivity index is 1.50. The predicted molar refractivity (Wildman–Crippen MR) is 101 cm³/mol. The van der Waals surface area contributed by atoms with Gasteiger partial charge in [-0.05, 0) is 55.3 Å². The van der Waals surface area contributed by atoms with Crippen molar-refractivity contribution >= 4 is 11.6 Å². The molecular weight excluding hydrogens is 338 g/mol. The van der Waals surface area contributed by atoms with Gasteiger partial charge in [0.05, 0.1) is 23.6 Å². The molecule has 0 aliphatic carbocycles. The number of likely N-dealkylation sites (tertiary alicyclic amines) is 1. The molecule has 1 N–H and O–H groups in total. The van der Waals surface area contributed by atoms with Gasteiger partial charge < -0.3 is 5.32 Å². The van der Waals surface area contributed by atoms with E-state index in [4.69, 9.17) is 10.2 Å². The van der Waals surface area contributed by atoms with Gasteiger partial charge >= 0.3 is 0 Å². The molecule has 1 aliphatic heterocycles. The minimum atomic E-state index is 0.279. The smallest absolute Gasteiger partial charge is 0.227 e. The maximum absolute atomic E-state index is 8.84. The number of hydrogen-bond donors (Lipinski definition) is 1. The molecule has 1 saturated heterocycles. The van der Waals surface area contributed by atoms with Crippen LogP contribution in [-0.4, -0.2) is 31.4 Å². The Hall–Kier alpha value is -3.37. The van der Waals surface area contributed by atoms with Crippen molar-refractivity contribution in [1.29, 1.82) is 5.26 Å². The van der Waals surface area contributed by atoms with E-state index >= 15 is 0 Å². The number of nitrogens with one attached hydrogen (secondary N) is 1. The molecule has 3 aromatic heterocycles. The standard InChI is InChI=1S/C20H19N7/c21-12-16-3-4-17(13-24-16)25-20-23-10-7-18(26-20)19-2-1-11-27(19)14-15-5-8-22-9-6-15/h3-10,13,19H,1-2,11,14H2,(H,23,25,26)/t19-/m0/s1. The summed E-state index contributed by atoms with van der Waals surface area (Å²) in [5.74, 6) is 0.537. The van der Waals surface area contributed by atoms with Gasteiger partial charge in [-0.1, -0.05) is 0 Å². The zero-order chi connectivity index (χ0) is 18.5. The minimum Gasteiger partial charge on any atom is -0.323 e. The molecule has 27 heavy (non-hydrogen) atoms. The largest absolute Gasteiger partial charge is 0.323 e. The minimum absolute atomic E-state index is 0.279. The number of rotatable bonds is 5. The van der Waals surface area contributed by atoms with Gasteiger partial charge in [0.25, 0.3) is 0 Å². The van der Waals surface area contributed by atoms with E-state index in [1.54, 1.807) is 24.5 Å². The lowest BCUT2D eigenvalue weighted by Crippen LogP contribution is -2.23. The highest BCUT2D eigenvalue weighted by Gasteiger charge is 2.27. The van der Waals surface area contributed by atoms with Gasteiger partial charge in [0.15, 0.2) is 0 Å². The molecule has 0 saturated carbocycles. The molecule has 0 aromatic carbocycles. The molecule has 1 atom stereocenters. The molecule has 4 heterocycles. The van der Waals surface area contributed by atoms with E-state index in [9.17, 15) is 0 Å². The summed E-state index contributed by atoms with van der Waals surface area (Å²) in [7, 11) is 0. The van der Waals surface area contributed by atoms with Crippen LogP contribution in [0.15, 0.2) is 55.1 Å². The first-order chi connectivity index (χ1) is 13.3. The quantitative estimate of drug-likeness (QED) is 0.749. The van der Waals surface area contributed by atoms with Gasteiger partial charge in [0.2, 0.25) is 5.95 Å². The Morgan fingerprint density at radius 2 is 2.00 bits per heavy atom. The van der Waals surface area contributed by atoms with Gasteiger partial charge in [0, 0.05) is 25.1 Å². The van der Waals surface area contributed by atoms with E-state index < -0.39 is 0 Å². The predicted octanol–water partition coefficient (Wildman–Crippen LogP) is 3.22. The van der Waals surface area contributed by atoms with Crippen molar-refractivity contribution in [3.63, 3.8) is 0 Å². The number of nitriles is 1. The molecule has 7 heteroatoms. The summed E-state index contributed by atoms with van der Waals surface area (Å²) in [6.45, 7) is 1.94. The summed E-state index contributed by atoms with van der Waals surface area (Å²) in [6, 6.07) is 11.8. The Bertz CT molecular complexity index is 935. The molecule has 1 fully saturated rings. The van der Waals surface area contributed by atoms with E-state index in [2.05, 4.69) is 37.3 Å². The lowest BCUT2D eigenvalue weighted by atomic mass is 10.1. The number of nitrogens with zero attached hydrogens (tertiary/aromatic N) is 6. The van der Waals surface area contributed by atoms with Gasteiger partial charge in [0.1, 0.15) is 11.8 Å². The van der Waals surface area contributed by atoms with Crippen LogP contribution in [0.2, 0.25) is 0 Å². The van der Waals surface area contributed by atoms with Gasteiger partial charge in [-0.15, -0.1) is 0 Å². The molecule has 0 amide bonds. The van der Waals surface area contributed by atoms with E-state index in [0.717, 1.165) is 37.3 Å². The fourth-order valence-corrected chi connectivity index (χ4v) is 3.35. The maximum Gasteiger partial charge on any atom is 0.227 e. The van der Waals surface area contributed by atoms with Crippen LogP contribution in [0.4, 0.5) is 11.6 Å². The van der Waals surface area contributed by atoms with E-state index in [0.29, 0.717) is 11.6 Å². The molecule has 0 radical (unpaired) electrons. The zero-order valence-electron chi connectivity index (χ0n) is 14.8. The van der Waals surface area contributed by atoms with Crippen LogP contribution in [0.5, 0.6) is 0 Å². The van der Waals surface area contributed by atoms with Crippen molar-refractivity contribution in [2.24, 2.45) is 0 Å². The van der Waals surface area contributed by atoms with Crippen molar-refractivity contribution < 1.29 is 0 Å². The molecule has 0 unspecified atom stereocenters. The van der Waals surface area contributed by atoms with Crippen molar-refractivity contribution in [3.05, 3.63) is 72.1 Å². The number of anilines is 2. The highest BCUT2D eigenvalue weighted by Crippen LogP contribution is 2.32. The molecule has 4 rings (SSSR count). The zero-order valence-corrected chi connectivity index (χ0v) is 14.8. The van der Waals surface area contributed by atoms with Gasteiger partial charge in [-0.3, -0.25) is 9.88 Å². The van der Waals surface area contributed by atoms with E-state index in [-0.39, 0.29) is 6.04 Å². The summed E-state index contributed by atoms with van der Waals surface area (Å²) in [6.07, 6.45) is 9.30. The first kappa shape index (κ1) is 17.1. The highest BCUT2D eigenvalue weighted by molar-refractivity contribution is 5.52. The molecule has 134 valence electrons. The van der Waals surface area contributed by atoms with Crippen molar-refractivity contribution in [2.75, 3.05) is 11.9 Å². The monoisotopic (exact) mass is 357 g/mol. The second-order valence-electron chi connectivity index (χ2n) is 6.46. The Labute approximate surface area is 157 Å². The number of hydrogen-bond acceptors (Lipinski definition) is 7. The molecule has 0 spiro atoms. The van der Waals surface area contributed by atoms with Crippen LogP contribution in [0, 0.1) is 11.3 Å². The second-order valence-corrected chi connectivity index (χ2v) is 6.46. The topological polar surface area (TPSA) is 90.6 Å². The number of aromatic nitrogens is 4. The third kappa shape index (κ3) is 4.07. The average Bonchev–Trinajstić information content (AvgIpc) is 3.18. The average molecular weight is 357 g/mol. The van der Waals surface area contributed by atoms with E-state index in [1.165, 1.54) is 5.56 Å². The molecule has 3 aromatic rings. The van der Waals surface area contributed by atoms with Crippen LogP contribution >= 0.6 is 0 Å². The van der Waals surface area contributed by atoms with Crippen molar-refractivity contribution in [3.8, 4) is 6.07 Å². The SMILES string of the molecule is N#Cc1ccc(Nc2nccc([C@@H]3CCCN3Cc3ccncc3)n2)cn1. The van der Waals surface area contributed by atoms with Gasteiger partial charge in [-0.2, -0.15) is 5.26 Å². The normalized spacial score (nSPS) is 16.8. The Morgan fingerprint density at radius 3 is 2.78 bits per heavy atom. The summed E-state index contributed by atoms with van der Waals surface area (Å²) in [4.78, 5) is 19.6. The highest BCUT2D eigenvalue weighted by atomic mass is 15.2. The van der Waals surface area contributed by atoms with Crippen LogP contribution in [0.25, 0.3) is 0 Å². The third-order valence-corrected chi connectivity index (χ3v) is 4.65. The van der Waals surface area contributed by atoms with Crippen LogP contribution in [0.3, 0.4) is 0 Å². The molecule has 7 nitrogen and oxygen atoms in total. The van der Waals surface area contributed by atoms with Crippen molar-refractivity contribution in [2.45, 2.75) is 25.4 Å². The molecule has 1 aliphatic rings.